The molecule has 2 aliphatic heterocycles. The van der Waals surface area contributed by atoms with Crippen LogP contribution in [0.5, 0.6) is 0 Å². The molecule has 2 fully saturated rings. The number of nitrogens with zero attached hydrogens (tertiary/aromatic N) is 2. The second-order valence-corrected chi connectivity index (χ2v) is 8.53. The Kier molecular flexibility index (Phi) is 7.21. The van der Waals surface area contributed by atoms with Gasteiger partial charge in [0.05, 0.1) is 11.4 Å². The van der Waals surface area contributed by atoms with Crippen LogP contribution in [0, 0.1) is 0 Å². The first-order valence-electron chi connectivity index (χ1n) is 8.75. The molecular weight excluding hydrogens is 392 g/mol. The minimum atomic E-state index is -3.74. The van der Waals surface area contributed by atoms with Gasteiger partial charge in [0.1, 0.15) is 0 Å². The third kappa shape index (κ3) is 4.78. The summed E-state index contributed by atoms with van der Waals surface area (Å²) in [7, 11) is -1.85. The first-order chi connectivity index (χ1) is 12.4. The highest BCUT2D eigenvalue weighted by Gasteiger charge is 2.29. The Bertz CT molecular complexity index is 785. The lowest BCUT2D eigenvalue weighted by atomic mass is 10.0. The fourth-order valence-corrected chi connectivity index (χ4v) is 4.72. The van der Waals surface area contributed by atoms with Gasteiger partial charge in [0.2, 0.25) is 15.9 Å². The number of piperazine rings is 1. The molecule has 2 heterocycles. The van der Waals surface area contributed by atoms with Crippen molar-refractivity contribution in [1.29, 1.82) is 0 Å². The number of rotatable bonds is 4. The van der Waals surface area contributed by atoms with Crippen LogP contribution in [-0.4, -0.2) is 75.3 Å². The number of likely N-dealkylation sites (tertiary alicyclic amines) is 1. The van der Waals surface area contributed by atoms with Crippen molar-refractivity contribution in [2.24, 2.45) is 0 Å². The highest BCUT2D eigenvalue weighted by Crippen LogP contribution is 2.19. The summed E-state index contributed by atoms with van der Waals surface area (Å²) in [6.07, 6.45) is 1.99. The van der Waals surface area contributed by atoms with Crippen LogP contribution in [0.3, 0.4) is 0 Å². The van der Waals surface area contributed by atoms with Crippen LogP contribution < -0.4 is 10.6 Å². The molecule has 1 aromatic rings. The average Bonchev–Trinajstić information content (AvgIpc) is 2.67. The number of piperidine rings is 1. The minimum Gasteiger partial charge on any atom is -0.354 e. The molecule has 27 heavy (non-hydrogen) atoms. The lowest BCUT2D eigenvalue weighted by Crippen LogP contribution is -2.49. The molecule has 10 heteroatoms. The Hall–Kier alpha value is -1.68. The molecule has 1 aromatic carbocycles. The molecule has 0 aliphatic carbocycles. The van der Waals surface area contributed by atoms with Crippen molar-refractivity contribution in [1.82, 2.24) is 19.8 Å². The predicted molar refractivity (Wildman–Crippen MR) is 103 cm³/mol. The quantitative estimate of drug-likeness (QED) is 0.722. The van der Waals surface area contributed by atoms with Crippen LogP contribution in [0.2, 0.25) is 0 Å². The lowest BCUT2D eigenvalue weighted by molar-refractivity contribution is -0.122. The number of amides is 2. The van der Waals surface area contributed by atoms with E-state index < -0.39 is 10.0 Å². The van der Waals surface area contributed by atoms with Gasteiger partial charge in [-0.2, -0.15) is 4.31 Å². The number of halogens is 1. The summed E-state index contributed by atoms with van der Waals surface area (Å²) < 4.78 is 26.4. The summed E-state index contributed by atoms with van der Waals surface area (Å²) in [4.78, 5) is 26.0. The van der Waals surface area contributed by atoms with Crippen molar-refractivity contribution in [3.8, 4) is 0 Å². The smallest absolute Gasteiger partial charge is 0.253 e. The molecule has 1 atom stereocenters. The van der Waals surface area contributed by atoms with Crippen molar-refractivity contribution in [3.05, 3.63) is 29.8 Å². The van der Waals surface area contributed by atoms with E-state index in [1.165, 1.54) is 12.1 Å². The zero-order valence-corrected chi connectivity index (χ0v) is 16.8. The van der Waals surface area contributed by atoms with E-state index in [9.17, 15) is 18.0 Å². The van der Waals surface area contributed by atoms with Gasteiger partial charge in [0.15, 0.2) is 0 Å². The van der Waals surface area contributed by atoms with E-state index in [1.54, 1.807) is 17.0 Å². The second kappa shape index (κ2) is 9.01. The van der Waals surface area contributed by atoms with E-state index >= 15 is 0 Å². The molecule has 0 radical (unpaired) electrons. The Morgan fingerprint density at radius 3 is 2.56 bits per heavy atom. The van der Waals surface area contributed by atoms with E-state index in [0.717, 1.165) is 17.1 Å². The maximum absolute atomic E-state index is 12.7. The normalized spacial score (nSPS) is 21.3. The van der Waals surface area contributed by atoms with Gasteiger partial charge in [0.25, 0.3) is 5.91 Å². The molecule has 1 unspecified atom stereocenters. The third-order valence-corrected chi connectivity index (χ3v) is 6.72. The highest BCUT2D eigenvalue weighted by molar-refractivity contribution is 7.89. The van der Waals surface area contributed by atoms with Crippen molar-refractivity contribution in [2.75, 3.05) is 39.8 Å². The van der Waals surface area contributed by atoms with E-state index in [0.29, 0.717) is 25.2 Å². The Morgan fingerprint density at radius 2 is 1.93 bits per heavy atom. The zero-order chi connectivity index (χ0) is 18.7. The SMILES string of the molecule is CNC1CCCN(C(=O)c2ccc(S(=O)(=O)N3CCNC(=O)C3)cc2)C1.Cl. The van der Waals surface area contributed by atoms with E-state index in [2.05, 4.69) is 10.6 Å². The third-order valence-electron chi connectivity index (χ3n) is 4.86. The monoisotopic (exact) mass is 416 g/mol. The maximum atomic E-state index is 12.7. The largest absolute Gasteiger partial charge is 0.354 e. The van der Waals surface area contributed by atoms with Crippen molar-refractivity contribution in [3.63, 3.8) is 0 Å². The summed E-state index contributed by atoms with van der Waals surface area (Å²) in [6.45, 7) is 1.73. The van der Waals surface area contributed by atoms with Crippen LogP contribution in [0.4, 0.5) is 0 Å². The summed E-state index contributed by atoms with van der Waals surface area (Å²) in [6, 6.07) is 6.26. The van der Waals surface area contributed by atoms with Gasteiger partial charge in [-0.15, -0.1) is 12.4 Å². The topological polar surface area (TPSA) is 98.8 Å². The summed E-state index contributed by atoms with van der Waals surface area (Å²) in [5.41, 5.74) is 0.470. The van der Waals surface area contributed by atoms with E-state index in [1.807, 2.05) is 7.05 Å². The Morgan fingerprint density at radius 1 is 1.22 bits per heavy atom. The standard InChI is InChI=1S/C17H24N4O4S.ClH/c1-18-14-3-2-9-20(11-14)17(23)13-4-6-15(7-5-13)26(24,25)21-10-8-19-16(22)12-21;/h4-7,14,18H,2-3,8-12H2,1H3,(H,19,22);1H. The molecule has 0 saturated carbocycles. The maximum Gasteiger partial charge on any atom is 0.253 e. The Balaban J connectivity index is 0.00000261. The number of benzene rings is 1. The number of nitrogens with one attached hydrogen (secondary N) is 2. The fourth-order valence-electron chi connectivity index (χ4n) is 3.32. The minimum absolute atomic E-state index is 0. The Labute approximate surface area is 165 Å². The average molecular weight is 417 g/mol. The van der Waals surface area contributed by atoms with Crippen LogP contribution >= 0.6 is 12.4 Å². The number of likely N-dealkylation sites (N-methyl/N-ethyl adjacent to an activating group) is 1. The fraction of sp³-hybridized carbons (Fsp3) is 0.529. The molecule has 0 aromatic heterocycles. The lowest BCUT2D eigenvalue weighted by Gasteiger charge is -2.32. The summed E-state index contributed by atoms with van der Waals surface area (Å²) in [5.74, 6) is -0.401. The molecular formula is C17H25ClN4O4S. The van der Waals surface area contributed by atoms with Crippen molar-refractivity contribution < 1.29 is 18.0 Å². The number of carbonyl (C=O) groups excluding carboxylic acids is 2. The van der Waals surface area contributed by atoms with Crippen LogP contribution in [0.1, 0.15) is 23.2 Å². The van der Waals surface area contributed by atoms with E-state index in [4.69, 9.17) is 0 Å². The van der Waals surface area contributed by atoms with Gasteiger partial charge < -0.3 is 15.5 Å². The predicted octanol–water partition coefficient (Wildman–Crippen LogP) is 0.0529. The number of sulfonamides is 1. The highest BCUT2D eigenvalue weighted by atomic mass is 35.5. The van der Waals surface area contributed by atoms with Crippen LogP contribution in [0.25, 0.3) is 0 Å². The molecule has 2 aliphatic rings. The summed E-state index contributed by atoms with van der Waals surface area (Å²) >= 11 is 0. The van der Waals surface area contributed by atoms with Crippen LogP contribution in [-0.2, 0) is 14.8 Å². The molecule has 2 N–H and O–H groups in total. The summed E-state index contributed by atoms with van der Waals surface area (Å²) in [5, 5.41) is 5.80. The van der Waals surface area contributed by atoms with Gasteiger partial charge in [-0.25, -0.2) is 8.42 Å². The van der Waals surface area contributed by atoms with Gasteiger partial charge in [-0.1, -0.05) is 0 Å². The van der Waals surface area contributed by atoms with Crippen molar-refractivity contribution in [2.45, 2.75) is 23.8 Å². The molecule has 2 saturated heterocycles. The second-order valence-electron chi connectivity index (χ2n) is 6.59. The zero-order valence-electron chi connectivity index (χ0n) is 15.2. The van der Waals surface area contributed by atoms with E-state index in [-0.39, 0.29) is 48.2 Å². The first-order valence-corrected chi connectivity index (χ1v) is 10.2. The first kappa shape index (κ1) is 21.6. The molecule has 0 spiro atoms. The van der Waals surface area contributed by atoms with Gasteiger partial charge in [-0.3, -0.25) is 9.59 Å². The molecule has 2 amide bonds. The van der Waals surface area contributed by atoms with Crippen molar-refractivity contribution >= 4 is 34.2 Å². The van der Waals surface area contributed by atoms with Gasteiger partial charge in [0, 0.05) is 37.8 Å². The molecule has 8 nitrogen and oxygen atoms in total. The number of hydrogen-bond acceptors (Lipinski definition) is 5. The number of hydrogen-bond donors (Lipinski definition) is 2. The molecule has 3 rings (SSSR count). The van der Waals surface area contributed by atoms with Gasteiger partial charge >= 0.3 is 0 Å². The van der Waals surface area contributed by atoms with Crippen LogP contribution in [0.15, 0.2) is 29.2 Å². The number of carbonyl (C=O) groups is 2. The molecule has 0 bridgehead atoms. The molecule has 150 valence electrons. The van der Waals surface area contributed by atoms with Gasteiger partial charge in [-0.05, 0) is 44.2 Å².